The second kappa shape index (κ2) is 11.2. The molecule has 4 aliphatic rings. The summed E-state index contributed by atoms with van der Waals surface area (Å²) in [6.45, 7) is 12.5. The fourth-order valence-corrected chi connectivity index (χ4v) is 10.4. The molecule has 38 heavy (non-hydrogen) atoms. The third-order valence-electron chi connectivity index (χ3n) is 12.5. The summed E-state index contributed by atoms with van der Waals surface area (Å²) < 4.78 is 11.7. The van der Waals surface area contributed by atoms with Crippen molar-refractivity contribution in [3.8, 4) is 5.75 Å². The molecule has 1 aromatic rings. The maximum Gasteiger partial charge on any atom is 0.338 e. The van der Waals surface area contributed by atoms with Gasteiger partial charge in [0, 0.05) is 5.41 Å². The molecule has 4 aliphatic carbocycles. The molecule has 3 nitrogen and oxygen atoms in total. The molecule has 0 radical (unpaired) electrons. The first-order chi connectivity index (χ1) is 18.2. The van der Waals surface area contributed by atoms with Gasteiger partial charge in [-0.05, 0) is 129 Å². The molecule has 4 fully saturated rings. The summed E-state index contributed by atoms with van der Waals surface area (Å²) in [4.78, 5) is 13.3. The van der Waals surface area contributed by atoms with E-state index in [9.17, 15) is 4.79 Å². The number of ether oxygens (including phenoxy) is 2. The van der Waals surface area contributed by atoms with Gasteiger partial charge in [-0.15, -0.1) is 0 Å². The van der Waals surface area contributed by atoms with E-state index in [2.05, 4.69) is 34.6 Å². The van der Waals surface area contributed by atoms with Crippen molar-refractivity contribution in [2.45, 2.75) is 118 Å². The van der Waals surface area contributed by atoms with Crippen LogP contribution >= 0.6 is 0 Å². The van der Waals surface area contributed by atoms with Crippen molar-refractivity contribution >= 4 is 5.97 Å². The molecule has 0 N–H and O–H groups in total. The molecule has 212 valence electrons. The molecule has 1 aromatic carbocycles. The number of methoxy groups -OCH3 is 1. The molecule has 0 bridgehead atoms. The first kappa shape index (κ1) is 28.0. The highest BCUT2D eigenvalue weighted by atomic mass is 16.5. The Hall–Kier alpha value is -1.51. The van der Waals surface area contributed by atoms with E-state index in [1.807, 2.05) is 24.3 Å². The van der Waals surface area contributed by atoms with Crippen molar-refractivity contribution in [1.29, 1.82) is 0 Å². The Morgan fingerprint density at radius 2 is 1.68 bits per heavy atom. The molecule has 5 rings (SSSR count). The molecule has 0 amide bonds. The van der Waals surface area contributed by atoms with Gasteiger partial charge in [0.25, 0.3) is 0 Å². The first-order valence-electron chi connectivity index (χ1n) is 16.0. The molecule has 2 unspecified atom stereocenters. The monoisotopic (exact) mass is 522 g/mol. The second-order valence-corrected chi connectivity index (χ2v) is 14.6. The number of rotatable bonds is 8. The van der Waals surface area contributed by atoms with Crippen LogP contribution in [0.15, 0.2) is 24.3 Å². The highest BCUT2D eigenvalue weighted by Crippen LogP contribution is 2.68. The van der Waals surface area contributed by atoms with Gasteiger partial charge in [0.1, 0.15) is 11.9 Å². The van der Waals surface area contributed by atoms with E-state index in [4.69, 9.17) is 9.47 Å². The van der Waals surface area contributed by atoms with Gasteiger partial charge in [-0.2, -0.15) is 0 Å². The van der Waals surface area contributed by atoms with E-state index in [0.29, 0.717) is 22.8 Å². The van der Waals surface area contributed by atoms with Gasteiger partial charge in [-0.1, -0.05) is 53.9 Å². The number of esters is 1. The van der Waals surface area contributed by atoms with Crippen LogP contribution in [0.2, 0.25) is 0 Å². The van der Waals surface area contributed by atoms with Crippen molar-refractivity contribution in [2.24, 2.45) is 52.3 Å². The van der Waals surface area contributed by atoms with Gasteiger partial charge >= 0.3 is 5.97 Å². The predicted molar refractivity (Wildman–Crippen MR) is 155 cm³/mol. The molecule has 4 saturated carbocycles. The Morgan fingerprint density at radius 3 is 2.39 bits per heavy atom. The lowest BCUT2D eigenvalue weighted by Crippen LogP contribution is -2.58. The van der Waals surface area contributed by atoms with E-state index in [-0.39, 0.29) is 17.5 Å². The van der Waals surface area contributed by atoms with Crippen LogP contribution < -0.4 is 4.74 Å². The summed E-state index contributed by atoms with van der Waals surface area (Å²) in [5.41, 5.74) is 1.27. The Labute approximate surface area is 232 Å². The largest absolute Gasteiger partial charge is 0.497 e. The summed E-state index contributed by atoms with van der Waals surface area (Å²) in [6, 6.07) is 7.42. The Kier molecular flexibility index (Phi) is 8.24. The normalized spacial score (nSPS) is 39.1. The van der Waals surface area contributed by atoms with E-state index in [1.54, 1.807) is 7.11 Å². The minimum atomic E-state index is -0.154. The average Bonchev–Trinajstić information content (AvgIpc) is 3.26. The van der Waals surface area contributed by atoms with E-state index in [0.717, 1.165) is 41.8 Å². The van der Waals surface area contributed by atoms with Crippen LogP contribution in [0.25, 0.3) is 0 Å². The molecule has 0 aromatic heterocycles. The third kappa shape index (κ3) is 4.94. The maximum absolute atomic E-state index is 13.3. The number of carbonyl (C=O) groups excluding carboxylic acids is 1. The minimum absolute atomic E-state index is 0.0418. The van der Waals surface area contributed by atoms with Crippen molar-refractivity contribution < 1.29 is 14.3 Å². The highest BCUT2D eigenvalue weighted by Gasteiger charge is 2.62. The lowest BCUT2D eigenvalue weighted by molar-refractivity contribution is -0.166. The first-order valence-corrected chi connectivity index (χ1v) is 16.0. The molecule has 0 aliphatic heterocycles. The second-order valence-electron chi connectivity index (χ2n) is 14.6. The molecule has 9 atom stereocenters. The van der Waals surface area contributed by atoms with Gasteiger partial charge in [-0.3, -0.25) is 0 Å². The lowest BCUT2D eigenvalue weighted by atomic mass is 9.44. The third-order valence-corrected chi connectivity index (χ3v) is 12.5. The molecule has 0 spiro atoms. The fourth-order valence-electron chi connectivity index (χ4n) is 10.4. The maximum atomic E-state index is 13.3. The topological polar surface area (TPSA) is 35.5 Å². The van der Waals surface area contributed by atoms with Crippen molar-refractivity contribution in [2.75, 3.05) is 7.11 Å². The smallest absolute Gasteiger partial charge is 0.338 e. The highest BCUT2D eigenvalue weighted by molar-refractivity contribution is 5.89. The Bertz CT molecular complexity index is 952. The summed E-state index contributed by atoms with van der Waals surface area (Å²) >= 11 is 0. The molecule has 0 saturated heterocycles. The standard InChI is InChI=1S/C35H54O3/c1-23(2)9-7-10-24(3)29-19-20-30-28-18-15-26-11-8-12-32(35(26,5)31(28)21-22-34(29,30)4)38-33(36)25-13-16-27(37-6)17-14-25/h13-14,16-17,23-24,26,28-32H,7-12,15,18-22H2,1-6H3/t24-,26?,28+,29-,30+,31+,32?,34-,35+/m1/s1. The number of benzene rings is 1. The van der Waals surface area contributed by atoms with Crippen LogP contribution in [0.4, 0.5) is 0 Å². The van der Waals surface area contributed by atoms with E-state index >= 15 is 0 Å². The number of carbonyl (C=O) groups is 1. The molecular weight excluding hydrogens is 468 g/mol. The van der Waals surface area contributed by atoms with Gasteiger partial charge in [0.2, 0.25) is 0 Å². The van der Waals surface area contributed by atoms with E-state index in [1.165, 1.54) is 70.6 Å². The zero-order chi connectivity index (χ0) is 27.1. The Morgan fingerprint density at radius 1 is 0.921 bits per heavy atom. The van der Waals surface area contributed by atoms with Crippen LogP contribution in [0, 0.1) is 52.3 Å². The molecular formula is C35H54O3. The SMILES string of the molecule is COc1ccc(C(=O)OC2CCCC3CC[C@@H]4[C@H](CC[C@]5(C)[C@@H]([C@H](C)CCCC(C)C)CC[C@@H]45)[C@]32C)cc1. The Balaban J connectivity index is 1.32. The van der Waals surface area contributed by atoms with Gasteiger partial charge in [0.05, 0.1) is 12.7 Å². The number of hydrogen-bond donors (Lipinski definition) is 0. The van der Waals surface area contributed by atoms with Gasteiger partial charge in [0.15, 0.2) is 0 Å². The number of hydrogen-bond acceptors (Lipinski definition) is 3. The summed E-state index contributed by atoms with van der Waals surface area (Å²) in [7, 11) is 1.66. The summed E-state index contributed by atoms with van der Waals surface area (Å²) in [5.74, 6) is 6.24. The van der Waals surface area contributed by atoms with E-state index < -0.39 is 0 Å². The van der Waals surface area contributed by atoms with Crippen LogP contribution in [-0.4, -0.2) is 19.2 Å². The number of fused-ring (bicyclic) bond motifs is 5. The summed E-state index contributed by atoms with van der Waals surface area (Å²) in [6.07, 6.45) is 16.0. The van der Waals surface area contributed by atoms with Crippen molar-refractivity contribution in [1.82, 2.24) is 0 Å². The van der Waals surface area contributed by atoms with Gasteiger partial charge in [-0.25, -0.2) is 4.79 Å². The lowest BCUT2D eigenvalue weighted by Gasteiger charge is -2.62. The minimum Gasteiger partial charge on any atom is -0.497 e. The van der Waals surface area contributed by atoms with Crippen LogP contribution in [-0.2, 0) is 4.74 Å². The molecule has 0 heterocycles. The molecule has 3 heteroatoms. The summed E-state index contributed by atoms with van der Waals surface area (Å²) in [5, 5.41) is 0. The van der Waals surface area contributed by atoms with Crippen molar-refractivity contribution in [3.05, 3.63) is 29.8 Å². The zero-order valence-corrected chi connectivity index (χ0v) is 25.1. The van der Waals surface area contributed by atoms with Gasteiger partial charge < -0.3 is 9.47 Å². The van der Waals surface area contributed by atoms with Crippen molar-refractivity contribution in [3.63, 3.8) is 0 Å². The quantitative estimate of drug-likeness (QED) is 0.319. The average molecular weight is 523 g/mol. The zero-order valence-electron chi connectivity index (χ0n) is 25.1. The van der Waals surface area contributed by atoms with Crippen LogP contribution in [0.3, 0.4) is 0 Å². The fraction of sp³-hybridized carbons (Fsp3) is 0.800. The van der Waals surface area contributed by atoms with Crippen LogP contribution in [0.5, 0.6) is 5.75 Å². The predicted octanol–water partition coefficient (Wildman–Crippen LogP) is 9.34. The van der Waals surface area contributed by atoms with Crippen LogP contribution in [0.1, 0.15) is 122 Å².